The molecule has 2 aromatic carbocycles. The monoisotopic (exact) mass is 366 g/mol. The predicted molar refractivity (Wildman–Crippen MR) is 108 cm³/mol. The molecular formula is C22H26N2O3. The van der Waals surface area contributed by atoms with Gasteiger partial charge >= 0.3 is 0 Å². The number of carbonyl (C=O) groups is 2. The van der Waals surface area contributed by atoms with Gasteiger partial charge in [0.15, 0.2) is 0 Å². The number of anilines is 2. The Hall–Kier alpha value is -2.82. The van der Waals surface area contributed by atoms with Crippen LogP contribution in [0.25, 0.3) is 0 Å². The van der Waals surface area contributed by atoms with Gasteiger partial charge in [0.25, 0.3) is 5.91 Å². The third-order valence-electron chi connectivity index (χ3n) is 4.65. The molecule has 0 saturated heterocycles. The molecule has 1 N–H and O–H groups in total. The predicted octanol–water partition coefficient (Wildman–Crippen LogP) is 4.27. The Balaban J connectivity index is 1.82. The van der Waals surface area contributed by atoms with Gasteiger partial charge in [-0.1, -0.05) is 26.0 Å². The van der Waals surface area contributed by atoms with Crippen molar-refractivity contribution < 1.29 is 14.3 Å². The molecule has 5 heteroatoms. The van der Waals surface area contributed by atoms with Crippen molar-refractivity contribution >= 4 is 23.2 Å². The first-order chi connectivity index (χ1) is 13.0. The third kappa shape index (κ3) is 4.13. The second kappa shape index (κ2) is 8.25. The van der Waals surface area contributed by atoms with Gasteiger partial charge in [-0.25, -0.2) is 0 Å². The van der Waals surface area contributed by atoms with Crippen molar-refractivity contribution in [3.63, 3.8) is 0 Å². The maximum Gasteiger partial charge on any atom is 0.259 e. The minimum Gasteiger partial charge on any atom is -0.493 e. The van der Waals surface area contributed by atoms with Gasteiger partial charge in [0.05, 0.1) is 12.2 Å². The van der Waals surface area contributed by atoms with Crippen molar-refractivity contribution in [2.75, 3.05) is 23.4 Å². The molecule has 0 saturated carbocycles. The number of hydrogen-bond donors (Lipinski definition) is 1. The molecule has 1 heterocycles. The second-order valence-corrected chi connectivity index (χ2v) is 6.97. The summed E-state index contributed by atoms with van der Waals surface area (Å²) < 4.78 is 5.54. The first-order valence-corrected chi connectivity index (χ1v) is 9.48. The van der Waals surface area contributed by atoms with Crippen LogP contribution in [0.4, 0.5) is 11.4 Å². The van der Waals surface area contributed by atoms with E-state index in [9.17, 15) is 9.59 Å². The summed E-state index contributed by atoms with van der Waals surface area (Å²) in [5.74, 6) is 0.470. The number of fused-ring (bicyclic) bond motifs is 1. The summed E-state index contributed by atoms with van der Waals surface area (Å²) in [7, 11) is 0. The van der Waals surface area contributed by atoms with Crippen LogP contribution in [-0.2, 0) is 11.2 Å². The Morgan fingerprint density at radius 1 is 1.19 bits per heavy atom. The van der Waals surface area contributed by atoms with Gasteiger partial charge in [-0.3, -0.25) is 9.59 Å². The molecule has 2 aromatic rings. The fourth-order valence-electron chi connectivity index (χ4n) is 3.35. The fourth-order valence-corrected chi connectivity index (χ4v) is 3.35. The average Bonchev–Trinajstić information content (AvgIpc) is 2.67. The summed E-state index contributed by atoms with van der Waals surface area (Å²) in [5.41, 5.74) is 3.27. The van der Waals surface area contributed by atoms with Gasteiger partial charge in [0, 0.05) is 23.8 Å². The smallest absolute Gasteiger partial charge is 0.259 e. The average molecular weight is 366 g/mol. The molecule has 1 aliphatic heterocycles. The highest BCUT2D eigenvalue weighted by Gasteiger charge is 2.24. The van der Waals surface area contributed by atoms with Crippen LogP contribution in [0.2, 0.25) is 0 Å². The van der Waals surface area contributed by atoms with Crippen molar-refractivity contribution in [3.8, 4) is 5.75 Å². The fraction of sp³-hybridized carbons (Fsp3) is 0.364. The minimum absolute atomic E-state index is 0.0367. The van der Waals surface area contributed by atoms with E-state index in [1.54, 1.807) is 12.1 Å². The number of aryl methyl sites for hydroxylation is 1. The number of nitrogens with zero attached hydrogens (tertiary/aromatic N) is 1. The minimum atomic E-state index is -0.204. The largest absolute Gasteiger partial charge is 0.493 e. The third-order valence-corrected chi connectivity index (χ3v) is 4.65. The molecule has 0 fully saturated rings. The summed E-state index contributed by atoms with van der Waals surface area (Å²) in [4.78, 5) is 27.0. The highest BCUT2D eigenvalue weighted by atomic mass is 16.5. The molecule has 0 aliphatic carbocycles. The van der Waals surface area contributed by atoms with E-state index >= 15 is 0 Å². The molecule has 0 radical (unpaired) electrons. The van der Waals surface area contributed by atoms with Crippen LogP contribution >= 0.6 is 0 Å². The number of benzene rings is 2. The van der Waals surface area contributed by atoms with E-state index in [0.29, 0.717) is 17.9 Å². The number of carbonyl (C=O) groups excluding carboxylic acids is 2. The van der Waals surface area contributed by atoms with E-state index in [4.69, 9.17) is 4.74 Å². The van der Waals surface area contributed by atoms with E-state index in [1.807, 2.05) is 56.0 Å². The Morgan fingerprint density at radius 2 is 1.96 bits per heavy atom. The maximum absolute atomic E-state index is 12.7. The zero-order valence-corrected chi connectivity index (χ0v) is 16.1. The lowest BCUT2D eigenvalue weighted by molar-refractivity contribution is -0.121. The molecule has 0 unspecified atom stereocenters. The molecule has 0 bridgehead atoms. The van der Waals surface area contributed by atoms with Gasteiger partial charge in [-0.05, 0) is 55.7 Å². The van der Waals surface area contributed by atoms with Crippen molar-refractivity contribution in [2.24, 2.45) is 5.92 Å². The summed E-state index contributed by atoms with van der Waals surface area (Å²) >= 11 is 0. The standard InChI is InChI=1S/C22H26N2O3/c1-4-27-20-10-6-5-9-18(20)21(25)23-17-11-12-19-16(14-17)8-7-13-24(19)22(26)15(2)3/h5-6,9-12,14-15H,4,7-8,13H2,1-3H3,(H,23,25). The van der Waals surface area contributed by atoms with E-state index in [1.165, 1.54) is 0 Å². The normalized spacial score (nSPS) is 13.3. The van der Waals surface area contributed by atoms with Crippen molar-refractivity contribution in [1.82, 2.24) is 0 Å². The SMILES string of the molecule is CCOc1ccccc1C(=O)Nc1ccc2c(c1)CCCN2C(=O)C(C)C. The van der Waals surface area contributed by atoms with Gasteiger partial charge in [-0.15, -0.1) is 0 Å². The lowest BCUT2D eigenvalue weighted by Crippen LogP contribution is -2.38. The van der Waals surface area contributed by atoms with E-state index in [0.717, 1.165) is 36.3 Å². The molecule has 0 atom stereocenters. The first kappa shape index (κ1) is 19.0. The zero-order chi connectivity index (χ0) is 19.4. The number of para-hydroxylation sites is 1. The molecular weight excluding hydrogens is 340 g/mol. The summed E-state index contributed by atoms with van der Waals surface area (Å²) in [6.07, 6.45) is 1.83. The molecule has 142 valence electrons. The Labute approximate surface area is 160 Å². The van der Waals surface area contributed by atoms with Crippen LogP contribution in [0.3, 0.4) is 0 Å². The van der Waals surface area contributed by atoms with Gasteiger partial charge in [0.1, 0.15) is 5.75 Å². The summed E-state index contributed by atoms with van der Waals surface area (Å²) in [5, 5.41) is 2.95. The molecule has 0 spiro atoms. The molecule has 2 amide bonds. The van der Waals surface area contributed by atoms with Crippen molar-refractivity contribution in [1.29, 1.82) is 0 Å². The number of amides is 2. The van der Waals surface area contributed by atoms with Crippen LogP contribution in [-0.4, -0.2) is 25.0 Å². The lowest BCUT2D eigenvalue weighted by atomic mass is 9.99. The van der Waals surface area contributed by atoms with Gasteiger partial charge in [-0.2, -0.15) is 0 Å². The number of nitrogens with one attached hydrogen (secondary N) is 1. The Kier molecular flexibility index (Phi) is 5.79. The first-order valence-electron chi connectivity index (χ1n) is 9.48. The lowest BCUT2D eigenvalue weighted by Gasteiger charge is -2.31. The number of hydrogen-bond acceptors (Lipinski definition) is 3. The van der Waals surface area contributed by atoms with E-state index < -0.39 is 0 Å². The summed E-state index contributed by atoms with van der Waals surface area (Å²) in [6, 6.07) is 13.0. The molecule has 5 nitrogen and oxygen atoms in total. The van der Waals surface area contributed by atoms with Crippen molar-refractivity contribution in [2.45, 2.75) is 33.6 Å². The molecule has 1 aliphatic rings. The molecule has 27 heavy (non-hydrogen) atoms. The highest BCUT2D eigenvalue weighted by Crippen LogP contribution is 2.31. The van der Waals surface area contributed by atoms with Gasteiger partial charge < -0.3 is 15.0 Å². The van der Waals surface area contributed by atoms with Crippen LogP contribution in [0.15, 0.2) is 42.5 Å². The van der Waals surface area contributed by atoms with Gasteiger partial charge in [0.2, 0.25) is 5.91 Å². The topological polar surface area (TPSA) is 58.6 Å². The Bertz CT molecular complexity index is 845. The summed E-state index contributed by atoms with van der Waals surface area (Å²) in [6.45, 7) is 6.98. The highest BCUT2D eigenvalue weighted by molar-refractivity contribution is 6.06. The Morgan fingerprint density at radius 3 is 2.70 bits per heavy atom. The van der Waals surface area contributed by atoms with Crippen LogP contribution in [0.5, 0.6) is 5.75 Å². The van der Waals surface area contributed by atoms with E-state index in [-0.39, 0.29) is 17.7 Å². The second-order valence-electron chi connectivity index (χ2n) is 6.97. The van der Waals surface area contributed by atoms with Crippen LogP contribution < -0.4 is 15.0 Å². The van der Waals surface area contributed by atoms with Crippen LogP contribution in [0.1, 0.15) is 43.1 Å². The number of ether oxygens (including phenoxy) is 1. The molecule has 0 aromatic heterocycles. The van der Waals surface area contributed by atoms with Crippen LogP contribution in [0, 0.1) is 5.92 Å². The maximum atomic E-state index is 12.7. The van der Waals surface area contributed by atoms with Crippen molar-refractivity contribution in [3.05, 3.63) is 53.6 Å². The molecule has 3 rings (SSSR count). The number of rotatable bonds is 5. The quantitative estimate of drug-likeness (QED) is 0.859. The van der Waals surface area contributed by atoms with E-state index in [2.05, 4.69) is 5.32 Å². The zero-order valence-electron chi connectivity index (χ0n) is 16.1.